The molecule has 0 radical (unpaired) electrons. The van der Waals surface area contributed by atoms with E-state index in [1.165, 1.54) is 4.31 Å². The number of nitrogens with zero attached hydrogens (tertiary/aromatic N) is 2. The average molecular weight is 208 g/mol. The van der Waals surface area contributed by atoms with Gasteiger partial charge in [-0.15, -0.1) is 0 Å². The monoisotopic (exact) mass is 208 g/mol. The van der Waals surface area contributed by atoms with E-state index < -0.39 is 10.0 Å². The molecule has 0 unspecified atom stereocenters. The Kier molecular flexibility index (Phi) is 1.35. The Morgan fingerprint density at radius 1 is 1.29 bits per heavy atom. The highest BCUT2D eigenvalue weighted by Gasteiger charge is 2.40. The number of sulfonamides is 1. The van der Waals surface area contributed by atoms with E-state index in [1.54, 1.807) is 18.2 Å². The van der Waals surface area contributed by atoms with Crippen molar-refractivity contribution in [3.05, 3.63) is 29.8 Å². The predicted molar refractivity (Wildman–Crippen MR) is 51.7 cm³/mol. The Morgan fingerprint density at radius 3 is 2.93 bits per heavy atom. The predicted octanol–water partition coefficient (Wildman–Crippen LogP) is 0.451. The number of rotatable bonds is 0. The second kappa shape index (κ2) is 2.36. The summed E-state index contributed by atoms with van der Waals surface area (Å²) in [5.74, 6) is 0.612. The van der Waals surface area contributed by atoms with Crippen molar-refractivity contribution in [1.82, 2.24) is 4.31 Å². The van der Waals surface area contributed by atoms with Gasteiger partial charge in [0.05, 0.1) is 18.0 Å². The fraction of sp³-hybridized carbons (Fsp3) is 0.222. The first-order valence-corrected chi connectivity index (χ1v) is 5.82. The van der Waals surface area contributed by atoms with E-state index in [9.17, 15) is 8.42 Å². The molecule has 2 heterocycles. The Labute approximate surface area is 81.9 Å². The largest absolute Gasteiger partial charge is 0.266 e. The van der Waals surface area contributed by atoms with Crippen LogP contribution in [0.4, 0.5) is 0 Å². The van der Waals surface area contributed by atoms with Gasteiger partial charge in [0.25, 0.3) is 10.0 Å². The summed E-state index contributed by atoms with van der Waals surface area (Å²) in [4.78, 5) is 4.59. The number of benzene rings is 1. The Morgan fingerprint density at radius 2 is 2.07 bits per heavy atom. The van der Waals surface area contributed by atoms with Crippen LogP contribution in [0.5, 0.6) is 0 Å². The maximum atomic E-state index is 11.9. The minimum absolute atomic E-state index is 0.387. The minimum Gasteiger partial charge on any atom is -0.265 e. The van der Waals surface area contributed by atoms with Gasteiger partial charge >= 0.3 is 0 Å². The zero-order valence-corrected chi connectivity index (χ0v) is 8.16. The van der Waals surface area contributed by atoms with E-state index in [1.807, 2.05) is 6.07 Å². The molecule has 0 saturated carbocycles. The van der Waals surface area contributed by atoms with E-state index >= 15 is 0 Å². The molecule has 3 rings (SSSR count). The van der Waals surface area contributed by atoms with Crippen molar-refractivity contribution in [1.29, 1.82) is 0 Å². The van der Waals surface area contributed by atoms with Crippen LogP contribution in [0.1, 0.15) is 5.56 Å². The molecule has 1 aromatic carbocycles. The normalized spacial score (nSPS) is 21.7. The van der Waals surface area contributed by atoms with Gasteiger partial charge in [0.1, 0.15) is 5.84 Å². The summed E-state index contributed by atoms with van der Waals surface area (Å²) in [6.45, 7) is 1.05. The van der Waals surface area contributed by atoms with E-state index in [2.05, 4.69) is 4.99 Å². The van der Waals surface area contributed by atoms with Crippen LogP contribution in [-0.2, 0) is 10.0 Å². The topological polar surface area (TPSA) is 49.7 Å². The molecule has 0 fully saturated rings. The second-order valence-electron chi connectivity index (χ2n) is 3.28. The molecule has 0 N–H and O–H groups in total. The second-order valence-corrected chi connectivity index (χ2v) is 5.11. The van der Waals surface area contributed by atoms with Gasteiger partial charge in [-0.3, -0.25) is 4.99 Å². The molecule has 0 bridgehead atoms. The number of hydrogen-bond acceptors (Lipinski definition) is 3. The smallest absolute Gasteiger partial charge is 0.265 e. The molecule has 0 spiro atoms. The fourth-order valence-corrected chi connectivity index (χ4v) is 3.51. The summed E-state index contributed by atoms with van der Waals surface area (Å²) in [6, 6.07) is 7.00. The van der Waals surface area contributed by atoms with Crippen LogP contribution in [0.3, 0.4) is 0 Å². The Hall–Kier alpha value is -1.36. The maximum Gasteiger partial charge on any atom is 0.266 e. The molecule has 14 heavy (non-hydrogen) atoms. The molecular weight excluding hydrogens is 200 g/mol. The first kappa shape index (κ1) is 7.99. The minimum atomic E-state index is -3.28. The molecule has 0 saturated heterocycles. The first-order chi connectivity index (χ1) is 6.71. The average Bonchev–Trinajstić information content (AvgIpc) is 2.72. The standard InChI is InChI=1S/C9H8N2O2S/c12-14(13)8-4-2-1-3-7(8)9-10-5-6-11(9)14/h1-4H,5-6H2. The van der Waals surface area contributed by atoms with Crippen LogP contribution in [0.15, 0.2) is 34.2 Å². The molecule has 0 aromatic heterocycles. The highest BCUT2D eigenvalue weighted by Crippen LogP contribution is 2.32. The Balaban J connectivity index is 2.40. The van der Waals surface area contributed by atoms with Gasteiger partial charge in [-0.25, -0.2) is 12.7 Å². The third kappa shape index (κ3) is 0.778. The van der Waals surface area contributed by atoms with Crippen molar-refractivity contribution in [2.75, 3.05) is 13.1 Å². The number of hydrogen-bond donors (Lipinski definition) is 0. The molecule has 2 aliphatic rings. The van der Waals surface area contributed by atoms with Gasteiger partial charge < -0.3 is 0 Å². The van der Waals surface area contributed by atoms with Crippen molar-refractivity contribution in [3.63, 3.8) is 0 Å². The number of amidine groups is 1. The van der Waals surface area contributed by atoms with Crippen molar-refractivity contribution >= 4 is 15.9 Å². The molecule has 0 aliphatic carbocycles. The summed E-state index contributed by atoms with van der Waals surface area (Å²) in [5, 5.41) is 0. The molecule has 4 nitrogen and oxygen atoms in total. The number of fused-ring (bicyclic) bond motifs is 3. The van der Waals surface area contributed by atoms with E-state index in [0.29, 0.717) is 23.8 Å². The van der Waals surface area contributed by atoms with Gasteiger partial charge in [-0.1, -0.05) is 12.1 Å². The lowest BCUT2D eigenvalue weighted by Crippen LogP contribution is -2.27. The van der Waals surface area contributed by atoms with Crippen LogP contribution >= 0.6 is 0 Å². The molecule has 2 aliphatic heterocycles. The quantitative estimate of drug-likeness (QED) is 0.621. The van der Waals surface area contributed by atoms with Crippen LogP contribution in [0.25, 0.3) is 0 Å². The van der Waals surface area contributed by atoms with E-state index in [-0.39, 0.29) is 0 Å². The highest BCUT2D eigenvalue weighted by molar-refractivity contribution is 7.90. The SMILES string of the molecule is O=S1(=O)c2ccccc2C2=NCCN21. The van der Waals surface area contributed by atoms with E-state index in [4.69, 9.17) is 0 Å². The van der Waals surface area contributed by atoms with Crippen LogP contribution in [0.2, 0.25) is 0 Å². The van der Waals surface area contributed by atoms with Gasteiger partial charge in [-0.2, -0.15) is 0 Å². The summed E-state index contributed by atoms with van der Waals surface area (Å²) in [7, 11) is -3.28. The molecule has 0 amide bonds. The third-order valence-corrected chi connectivity index (χ3v) is 4.34. The Bertz CT molecular complexity index is 533. The third-order valence-electron chi connectivity index (χ3n) is 2.50. The van der Waals surface area contributed by atoms with Crippen molar-refractivity contribution in [2.24, 2.45) is 4.99 Å². The van der Waals surface area contributed by atoms with Gasteiger partial charge in [0.2, 0.25) is 0 Å². The summed E-state index contributed by atoms with van der Waals surface area (Å²) >= 11 is 0. The summed E-state index contributed by atoms with van der Waals surface area (Å²) in [5.41, 5.74) is 0.741. The van der Waals surface area contributed by atoms with Gasteiger partial charge in [0, 0.05) is 5.56 Å². The van der Waals surface area contributed by atoms with E-state index in [0.717, 1.165) is 5.56 Å². The molecule has 5 heteroatoms. The number of aliphatic imine (C=N–C) groups is 1. The zero-order valence-electron chi connectivity index (χ0n) is 7.34. The van der Waals surface area contributed by atoms with Crippen LogP contribution in [-0.4, -0.2) is 31.6 Å². The summed E-state index contributed by atoms with van der Waals surface area (Å²) < 4.78 is 25.2. The van der Waals surface area contributed by atoms with Gasteiger partial charge in [0.15, 0.2) is 0 Å². The van der Waals surface area contributed by atoms with Crippen LogP contribution < -0.4 is 0 Å². The lowest BCUT2D eigenvalue weighted by molar-refractivity contribution is 0.545. The lowest BCUT2D eigenvalue weighted by Gasteiger charge is -2.09. The zero-order chi connectivity index (χ0) is 9.76. The highest BCUT2D eigenvalue weighted by atomic mass is 32.2. The van der Waals surface area contributed by atoms with Gasteiger partial charge in [-0.05, 0) is 12.1 Å². The first-order valence-electron chi connectivity index (χ1n) is 4.38. The van der Waals surface area contributed by atoms with Crippen molar-refractivity contribution < 1.29 is 8.42 Å². The molecule has 0 atom stereocenters. The molecular formula is C9H8N2O2S. The molecule has 1 aromatic rings. The molecule has 72 valence electrons. The maximum absolute atomic E-state index is 11.9. The summed E-state index contributed by atoms with van der Waals surface area (Å²) in [6.07, 6.45) is 0. The van der Waals surface area contributed by atoms with Crippen LogP contribution in [0, 0.1) is 0 Å². The fourth-order valence-electron chi connectivity index (χ4n) is 1.88. The lowest BCUT2D eigenvalue weighted by atomic mass is 10.2. The van der Waals surface area contributed by atoms with Crippen molar-refractivity contribution in [3.8, 4) is 0 Å². The van der Waals surface area contributed by atoms with Crippen molar-refractivity contribution in [2.45, 2.75) is 4.90 Å².